The molecule has 1 N–H and O–H groups in total. The molecule has 0 radical (unpaired) electrons. The molecule has 1 aromatic carbocycles. The zero-order valence-corrected chi connectivity index (χ0v) is 14.0. The maximum absolute atomic E-state index is 5.75. The van der Waals surface area contributed by atoms with E-state index in [0.717, 1.165) is 25.4 Å². The molecule has 3 heteroatoms. The average Bonchev–Trinajstić information content (AvgIpc) is 2.41. The molecule has 21 heavy (non-hydrogen) atoms. The van der Waals surface area contributed by atoms with E-state index in [0.29, 0.717) is 5.92 Å². The van der Waals surface area contributed by atoms with Crippen molar-refractivity contribution in [1.82, 2.24) is 5.32 Å². The molecule has 1 rings (SSSR count). The normalized spacial score (nSPS) is 12.2. The maximum atomic E-state index is 5.75. The Bertz CT molecular complexity index is 439. The largest absolute Gasteiger partial charge is 0.491 e. The van der Waals surface area contributed by atoms with Gasteiger partial charge in [0.15, 0.2) is 0 Å². The van der Waals surface area contributed by atoms with Crippen LogP contribution >= 0.6 is 0 Å². The lowest BCUT2D eigenvalue weighted by Gasteiger charge is -2.14. The first kappa shape index (κ1) is 17.7. The minimum absolute atomic E-state index is 0.199. The Balaban J connectivity index is 2.75. The smallest absolute Gasteiger partial charge is 0.120 e. The van der Waals surface area contributed by atoms with Gasteiger partial charge in [-0.2, -0.15) is 0 Å². The van der Waals surface area contributed by atoms with Gasteiger partial charge in [0.2, 0.25) is 0 Å². The van der Waals surface area contributed by atoms with Crippen LogP contribution in [-0.4, -0.2) is 32.9 Å². The van der Waals surface area contributed by atoms with Crippen LogP contribution in [-0.2, 0) is 4.74 Å². The molecule has 0 amide bonds. The molecule has 0 fully saturated rings. The van der Waals surface area contributed by atoms with Gasteiger partial charge in [-0.25, -0.2) is 0 Å². The monoisotopic (exact) mass is 291 g/mol. The van der Waals surface area contributed by atoms with Crippen LogP contribution < -0.4 is 10.1 Å². The second-order valence-corrected chi connectivity index (χ2v) is 5.78. The lowest BCUT2D eigenvalue weighted by molar-refractivity contribution is 0.200. The quantitative estimate of drug-likeness (QED) is 0.703. The molecule has 118 valence electrons. The summed E-state index contributed by atoms with van der Waals surface area (Å²) >= 11 is 0. The van der Waals surface area contributed by atoms with Gasteiger partial charge in [-0.1, -0.05) is 37.6 Å². The van der Waals surface area contributed by atoms with E-state index in [1.54, 1.807) is 7.11 Å². The van der Waals surface area contributed by atoms with Crippen LogP contribution in [0.3, 0.4) is 0 Å². The van der Waals surface area contributed by atoms with Gasteiger partial charge in [0.25, 0.3) is 0 Å². The molecule has 3 nitrogen and oxygen atoms in total. The highest BCUT2D eigenvalue weighted by molar-refractivity contribution is 5.55. The van der Waals surface area contributed by atoms with E-state index < -0.39 is 0 Å². The van der Waals surface area contributed by atoms with E-state index in [1.807, 2.05) is 26.0 Å². The predicted octanol–water partition coefficient (Wildman–Crippen LogP) is 3.75. The number of methoxy groups -OCH3 is 1. The number of hydrogen-bond acceptors (Lipinski definition) is 3. The standard InChI is InChI=1S/C18H29NO2/c1-14(2)17(13-19-9-10-20-5)11-16-7-6-8-18(12-16)21-15(3)4/h6-8,11-12,14-15,19H,9-10,13H2,1-5H3. The number of ether oxygens (including phenoxy) is 2. The van der Waals surface area contributed by atoms with Crippen LogP contribution in [0.4, 0.5) is 0 Å². The first-order chi connectivity index (χ1) is 10.0. The summed E-state index contributed by atoms with van der Waals surface area (Å²) in [5, 5.41) is 3.41. The van der Waals surface area contributed by atoms with Crippen LogP contribution in [0.2, 0.25) is 0 Å². The summed E-state index contributed by atoms with van der Waals surface area (Å²) < 4.78 is 10.8. The molecule has 0 aromatic heterocycles. The number of nitrogens with one attached hydrogen (secondary N) is 1. The minimum atomic E-state index is 0.199. The Morgan fingerprint density at radius 3 is 2.62 bits per heavy atom. The highest BCUT2D eigenvalue weighted by atomic mass is 16.5. The van der Waals surface area contributed by atoms with Crippen molar-refractivity contribution < 1.29 is 9.47 Å². The molecule has 0 saturated carbocycles. The molecular formula is C18H29NO2. The first-order valence-electron chi connectivity index (χ1n) is 7.69. The van der Waals surface area contributed by atoms with Crippen molar-refractivity contribution in [2.24, 2.45) is 5.92 Å². The van der Waals surface area contributed by atoms with Gasteiger partial charge < -0.3 is 14.8 Å². The van der Waals surface area contributed by atoms with Gasteiger partial charge in [0.1, 0.15) is 5.75 Å². The van der Waals surface area contributed by atoms with Crippen LogP contribution in [0.5, 0.6) is 5.75 Å². The fourth-order valence-corrected chi connectivity index (χ4v) is 1.99. The third-order valence-corrected chi connectivity index (χ3v) is 3.14. The van der Waals surface area contributed by atoms with E-state index in [9.17, 15) is 0 Å². The molecule has 1 aromatic rings. The average molecular weight is 291 g/mol. The van der Waals surface area contributed by atoms with Gasteiger partial charge in [0.05, 0.1) is 12.7 Å². The van der Waals surface area contributed by atoms with Crippen LogP contribution in [0.15, 0.2) is 29.8 Å². The van der Waals surface area contributed by atoms with Crippen molar-refractivity contribution in [2.45, 2.75) is 33.8 Å². The summed E-state index contributed by atoms with van der Waals surface area (Å²) in [5.74, 6) is 1.43. The van der Waals surface area contributed by atoms with E-state index in [2.05, 4.69) is 37.4 Å². The lowest BCUT2D eigenvalue weighted by atomic mass is 10.00. The third kappa shape index (κ3) is 7.30. The topological polar surface area (TPSA) is 30.5 Å². The van der Waals surface area contributed by atoms with Gasteiger partial charge in [-0.05, 0) is 37.5 Å². The van der Waals surface area contributed by atoms with Crippen molar-refractivity contribution in [1.29, 1.82) is 0 Å². The predicted molar refractivity (Wildman–Crippen MR) is 89.8 cm³/mol. The Labute approximate surface area is 129 Å². The second kappa shape index (κ2) is 9.59. The summed E-state index contributed by atoms with van der Waals surface area (Å²) in [6.45, 7) is 11.0. The molecule has 0 aliphatic heterocycles. The van der Waals surface area contributed by atoms with Gasteiger partial charge >= 0.3 is 0 Å². The highest BCUT2D eigenvalue weighted by Crippen LogP contribution is 2.19. The summed E-state index contributed by atoms with van der Waals surface area (Å²) in [4.78, 5) is 0. The molecule has 0 spiro atoms. The van der Waals surface area contributed by atoms with E-state index >= 15 is 0 Å². The SMILES string of the molecule is COCCNCC(=Cc1cccc(OC(C)C)c1)C(C)C. The molecule has 0 saturated heterocycles. The summed E-state index contributed by atoms with van der Waals surface area (Å²) in [6, 6.07) is 8.26. The summed E-state index contributed by atoms with van der Waals surface area (Å²) in [7, 11) is 1.72. The Hall–Kier alpha value is -1.32. The van der Waals surface area contributed by atoms with Crippen LogP contribution in [0.1, 0.15) is 33.3 Å². The maximum Gasteiger partial charge on any atom is 0.120 e. The molecule has 0 bridgehead atoms. The van der Waals surface area contributed by atoms with Gasteiger partial charge in [0, 0.05) is 20.2 Å². The Kier molecular flexibility index (Phi) is 8.09. The molecule has 0 aliphatic carbocycles. The highest BCUT2D eigenvalue weighted by Gasteiger charge is 2.04. The molecule has 0 unspecified atom stereocenters. The van der Waals surface area contributed by atoms with E-state index in [-0.39, 0.29) is 6.10 Å². The molecule has 0 aliphatic rings. The number of rotatable bonds is 9. The third-order valence-electron chi connectivity index (χ3n) is 3.14. The van der Waals surface area contributed by atoms with Crippen molar-refractivity contribution in [3.05, 3.63) is 35.4 Å². The van der Waals surface area contributed by atoms with Crippen molar-refractivity contribution in [3.8, 4) is 5.75 Å². The van der Waals surface area contributed by atoms with Crippen LogP contribution in [0.25, 0.3) is 6.08 Å². The lowest BCUT2D eigenvalue weighted by Crippen LogP contribution is -2.23. The van der Waals surface area contributed by atoms with E-state index in [4.69, 9.17) is 9.47 Å². The number of benzene rings is 1. The zero-order chi connectivity index (χ0) is 15.7. The molecule has 0 atom stereocenters. The minimum Gasteiger partial charge on any atom is -0.491 e. The summed E-state index contributed by atoms with van der Waals surface area (Å²) in [5.41, 5.74) is 2.57. The van der Waals surface area contributed by atoms with Crippen molar-refractivity contribution in [2.75, 3.05) is 26.8 Å². The second-order valence-electron chi connectivity index (χ2n) is 5.78. The molecule has 0 heterocycles. The van der Waals surface area contributed by atoms with Crippen molar-refractivity contribution >= 4 is 6.08 Å². The first-order valence-corrected chi connectivity index (χ1v) is 7.69. The molecular weight excluding hydrogens is 262 g/mol. The Morgan fingerprint density at radius 1 is 1.24 bits per heavy atom. The van der Waals surface area contributed by atoms with E-state index in [1.165, 1.54) is 11.1 Å². The zero-order valence-electron chi connectivity index (χ0n) is 14.0. The number of hydrogen-bond donors (Lipinski definition) is 1. The van der Waals surface area contributed by atoms with Gasteiger partial charge in [-0.15, -0.1) is 0 Å². The van der Waals surface area contributed by atoms with Crippen LogP contribution in [0, 0.1) is 5.92 Å². The fourth-order valence-electron chi connectivity index (χ4n) is 1.99. The fraction of sp³-hybridized carbons (Fsp3) is 0.556. The summed E-state index contributed by atoms with van der Waals surface area (Å²) in [6.07, 6.45) is 2.45. The van der Waals surface area contributed by atoms with Gasteiger partial charge in [-0.3, -0.25) is 0 Å². The Morgan fingerprint density at radius 2 is 2.00 bits per heavy atom. The van der Waals surface area contributed by atoms with Crippen molar-refractivity contribution in [3.63, 3.8) is 0 Å².